The molecule has 0 spiro atoms. The van der Waals surface area contributed by atoms with E-state index >= 15 is 0 Å². The Morgan fingerprint density at radius 3 is 3.00 bits per heavy atom. The summed E-state index contributed by atoms with van der Waals surface area (Å²) in [6.07, 6.45) is 3.15. The van der Waals surface area contributed by atoms with Gasteiger partial charge in [0.1, 0.15) is 11.4 Å². The van der Waals surface area contributed by atoms with Gasteiger partial charge in [-0.2, -0.15) is 0 Å². The summed E-state index contributed by atoms with van der Waals surface area (Å²) in [5, 5.41) is 4.98. The summed E-state index contributed by atoms with van der Waals surface area (Å²) < 4.78 is 5.01. The highest BCUT2D eigenvalue weighted by Gasteiger charge is 2.09. The molecular weight excluding hydrogens is 226 g/mol. The minimum Gasteiger partial charge on any atom is -0.497 e. The van der Waals surface area contributed by atoms with Gasteiger partial charge in [0.05, 0.1) is 7.11 Å². The van der Waals surface area contributed by atoms with E-state index in [1.54, 1.807) is 23.7 Å². The quantitative estimate of drug-likeness (QED) is 0.881. The lowest BCUT2D eigenvalue weighted by Crippen LogP contribution is -2.13. The number of anilines is 1. The van der Waals surface area contributed by atoms with Crippen LogP contribution in [0.25, 0.3) is 0 Å². The Bertz CT molecular complexity index is 485. The zero-order chi connectivity index (χ0) is 11.4. The van der Waals surface area contributed by atoms with Crippen LogP contribution in [0.5, 0.6) is 5.75 Å². The number of carbonyl (C=O) groups excluding carboxylic acids is 1. The second-order valence-electron chi connectivity index (χ2n) is 2.87. The number of amides is 1. The summed E-state index contributed by atoms with van der Waals surface area (Å²) in [4.78, 5) is 19.6. The van der Waals surface area contributed by atoms with Gasteiger partial charge in [-0.3, -0.25) is 15.1 Å². The van der Waals surface area contributed by atoms with Gasteiger partial charge in [-0.05, 0) is 6.07 Å². The third-order valence-electron chi connectivity index (χ3n) is 1.85. The molecule has 0 aromatic carbocycles. The molecule has 1 N–H and O–H groups in total. The Morgan fingerprint density at radius 2 is 2.31 bits per heavy atom. The van der Waals surface area contributed by atoms with Gasteiger partial charge in [0.15, 0.2) is 5.13 Å². The molecular formula is C10H9N3O2S. The van der Waals surface area contributed by atoms with Gasteiger partial charge in [0.25, 0.3) is 5.91 Å². The molecule has 0 radical (unpaired) electrons. The maximum absolute atomic E-state index is 11.7. The van der Waals surface area contributed by atoms with E-state index in [1.807, 2.05) is 0 Å². The zero-order valence-corrected chi connectivity index (χ0v) is 9.32. The van der Waals surface area contributed by atoms with Gasteiger partial charge in [-0.1, -0.05) is 0 Å². The van der Waals surface area contributed by atoms with E-state index < -0.39 is 0 Å². The SMILES string of the molecule is COc1ccnc(C(=O)Nc2nccs2)c1. The molecule has 2 rings (SSSR count). The van der Waals surface area contributed by atoms with Crippen LogP contribution < -0.4 is 10.1 Å². The lowest BCUT2D eigenvalue weighted by atomic mass is 10.3. The van der Waals surface area contributed by atoms with Crippen molar-refractivity contribution < 1.29 is 9.53 Å². The molecule has 0 aliphatic heterocycles. The number of hydrogen-bond acceptors (Lipinski definition) is 5. The van der Waals surface area contributed by atoms with Crippen LogP contribution in [-0.2, 0) is 0 Å². The standard InChI is InChI=1S/C10H9N3O2S/c1-15-7-2-3-11-8(6-7)9(14)13-10-12-4-5-16-10/h2-6H,1H3,(H,12,13,14). The summed E-state index contributed by atoms with van der Waals surface area (Å²) in [5.74, 6) is 0.299. The molecule has 6 heteroatoms. The molecule has 5 nitrogen and oxygen atoms in total. The van der Waals surface area contributed by atoms with Crippen LogP contribution in [-0.4, -0.2) is 23.0 Å². The van der Waals surface area contributed by atoms with Crippen molar-refractivity contribution >= 4 is 22.4 Å². The van der Waals surface area contributed by atoms with Crippen LogP contribution in [0.3, 0.4) is 0 Å². The van der Waals surface area contributed by atoms with E-state index in [0.717, 1.165) is 0 Å². The van der Waals surface area contributed by atoms with Gasteiger partial charge in [0.2, 0.25) is 0 Å². The Labute approximate surface area is 96.1 Å². The Morgan fingerprint density at radius 1 is 1.44 bits per heavy atom. The molecule has 0 atom stereocenters. The number of thiazole rings is 1. The van der Waals surface area contributed by atoms with Gasteiger partial charge >= 0.3 is 0 Å². The van der Waals surface area contributed by atoms with Gasteiger partial charge in [0, 0.05) is 23.8 Å². The van der Waals surface area contributed by atoms with Crippen molar-refractivity contribution in [1.82, 2.24) is 9.97 Å². The monoisotopic (exact) mass is 235 g/mol. The first-order chi connectivity index (χ1) is 7.79. The first-order valence-corrected chi connectivity index (χ1v) is 5.38. The lowest BCUT2D eigenvalue weighted by Gasteiger charge is -2.02. The minimum atomic E-state index is -0.297. The van der Waals surface area contributed by atoms with E-state index in [9.17, 15) is 4.79 Å². The molecule has 2 aromatic heterocycles. The number of pyridine rings is 1. The molecule has 0 bridgehead atoms. The minimum absolute atomic E-state index is 0.297. The van der Waals surface area contributed by atoms with Crippen LogP contribution in [0.15, 0.2) is 29.9 Å². The van der Waals surface area contributed by atoms with Crippen LogP contribution >= 0.6 is 11.3 Å². The molecule has 2 heterocycles. The molecule has 0 saturated carbocycles. The number of aromatic nitrogens is 2. The van der Waals surface area contributed by atoms with Crippen LogP contribution in [0.4, 0.5) is 5.13 Å². The van der Waals surface area contributed by atoms with Crippen LogP contribution in [0.2, 0.25) is 0 Å². The smallest absolute Gasteiger partial charge is 0.276 e. The molecule has 0 aliphatic rings. The van der Waals surface area contributed by atoms with Crippen molar-refractivity contribution in [1.29, 1.82) is 0 Å². The normalized spacial score (nSPS) is 9.81. The van der Waals surface area contributed by atoms with E-state index in [0.29, 0.717) is 16.6 Å². The largest absolute Gasteiger partial charge is 0.497 e. The lowest BCUT2D eigenvalue weighted by molar-refractivity contribution is 0.102. The summed E-state index contributed by atoms with van der Waals surface area (Å²) >= 11 is 1.35. The molecule has 0 fully saturated rings. The van der Waals surface area contributed by atoms with Gasteiger partial charge in [-0.25, -0.2) is 4.98 Å². The maximum atomic E-state index is 11.7. The van der Waals surface area contributed by atoms with Crippen molar-refractivity contribution in [3.05, 3.63) is 35.6 Å². The predicted octanol–water partition coefficient (Wildman–Crippen LogP) is 1.80. The number of ether oxygens (including phenoxy) is 1. The summed E-state index contributed by atoms with van der Waals surface area (Å²) in [6, 6.07) is 3.25. The summed E-state index contributed by atoms with van der Waals surface area (Å²) in [7, 11) is 1.54. The fraction of sp³-hybridized carbons (Fsp3) is 0.100. The Hall–Kier alpha value is -1.95. The fourth-order valence-electron chi connectivity index (χ4n) is 1.11. The number of nitrogens with one attached hydrogen (secondary N) is 1. The van der Waals surface area contributed by atoms with E-state index in [2.05, 4.69) is 15.3 Å². The van der Waals surface area contributed by atoms with E-state index in [4.69, 9.17) is 4.74 Å². The first-order valence-electron chi connectivity index (χ1n) is 4.50. The Balaban J connectivity index is 2.14. The number of hydrogen-bond donors (Lipinski definition) is 1. The van der Waals surface area contributed by atoms with E-state index in [1.165, 1.54) is 24.6 Å². The van der Waals surface area contributed by atoms with Crippen molar-refractivity contribution in [3.63, 3.8) is 0 Å². The highest BCUT2D eigenvalue weighted by atomic mass is 32.1. The number of nitrogens with zero attached hydrogens (tertiary/aromatic N) is 2. The maximum Gasteiger partial charge on any atom is 0.276 e. The first kappa shape index (κ1) is 10.6. The van der Waals surface area contributed by atoms with Crippen molar-refractivity contribution in [2.24, 2.45) is 0 Å². The topological polar surface area (TPSA) is 64.1 Å². The highest BCUT2D eigenvalue weighted by molar-refractivity contribution is 7.13. The molecule has 82 valence electrons. The molecule has 0 saturated heterocycles. The average Bonchev–Trinajstić information content (AvgIpc) is 2.82. The number of carbonyl (C=O) groups is 1. The number of methoxy groups -OCH3 is 1. The van der Waals surface area contributed by atoms with Crippen LogP contribution in [0, 0.1) is 0 Å². The molecule has 0 unspecified atom stereocenters. The van der Waals surface area contributed by atoms with Crippen LogP contribution in [0.1, 0.15) is 10.5 Å². The fourth-order valence-corrected chi connectivity index (χ4v) is 1.63. The number of rotatable bonds is 3. The molecule has 1 amide bonds. The summed E-state index contributed by atoms with van der Waals surface area (Å²) in [6.45, 7) is 0. The van der Waals surface area contributed by atoms with Gasteiger partial charge in [-0.15, -0.1) is 11.3 Å². The second kappa shape index (κ2) is 4.71. The Kier molecular flexibility index (Phi) is 3.11. The van der Waals surface area contributed by atoms with Gasteiger partial charge < -0.3 is 4.74 Å². The molecule has 0 aliphatic carbocycles. The van der Waals surface area contributed by atoms with Crippen molar-refractivity contribution in [2.45, 2.75) is 0 Å². The third-order valence-corrected chi connectivity index (χ3v) is 2.54. The predicted molar refractivity (Wildman–Crippen MR) is 60.9 cm³/mol. The zero-order valence-electron chi connectivity index (χ0n) is 8.51. The second-order valence-corrected chi connectivity index (χ2v) is 3.77. The molecule has 16 heavy (non-hydrogen) atoms. The average molecular weight is 235 g/mol. The van der Waals surface area contributed by atoms with E-state index in [-0.39, 0.29) is 5.91 Å². The van der Waals surface area contributed by atoms with Crippen molar-refractivity contribution in [2.75, 3.05) is 12.4 Å². The summed E-state index contributed by atoms with van der Waals surface area (Å²) in [5.41, 5.74) is 0.301. The highest BCUT2D eigenvalue weighted by Crippen LogP contribution is 2.14. The third kappa shape index (κ3) is 2.34. The van der Waals surface area contributed by atoms with Crippen molar-refractivity contribution in [3.8, 4) is 5.75 Å². The molecule has 2 aromatic rings.